The molecule has 5 aromatic rings. The summed E-state index contributed by atoms with van der Waals surface area (Å²) in [6.45, 7) is 0. The highest BCUT2D eigenvalue weighted by atomic mass is 32.2. The molecule has 0 aliphatic carbocycles. The van der Waals surface area contributed by atoms with Gasteiger partial charge in [0.2, 0.25) is 0 Å². The number of halogens is 2. The minimum atomic E-state index is -3.39. The van der Waals surface area contributed by atoms with Crippen molar-refractivity contribution in [2.75, 3.05) is 25.4 Å². The van der Waals surface area contributed by atoms with Gasteiger partial charge >= 0.3 is 0 Å². The maximum absolute atomic E-state index is 15.8. The van der Waals surface area contributed by atoms with Crippen LogP contribution in [0.4, 0.5) is 20.2 Å². The van der Waals surface area contributed by atoms with E-state index in [1.54, 1.807) is 60.7 Å². The molecule has 1 atom stereocenters. The predicted molar refractivity (Wildman–Crippen MR) is 157 cm³/mol. The Morgan fingerprint density at radius 1 is 0.952 bits per heavy atom. The molecular weight excluding hydrogens is 564 g/mol. The van der Waals surface area contributed by atoms with Gasteiger partial charge in [0, 0.05) is 53.8 Å². The van der Waals surface area contributed by atoms with Crippen LogP contribution < -0.4 is 19.9 Å². The van der Waals surface area contributed by atoms with Crippen LogP contribution in [0.3, 0.4) is 0 Å². The fourth-order valence-corrected chi connectivity index (χ4v) is 6.65. The molecule has 0 bridgehead atoms. The van der Waals surface area contributed by atoms with E-state index in [1.165, 1.54) is 30.9 Å². The van der Waals surface area contributed by atoms with E-state index in [0.29, 0.717) is 55.9 Å². The number of H-pyrrole nitrogens is 1. The maximum atomic E-state index is 15.8. The van der Waals surface area contributed by atoms with E-state index in [1.807, 2.05) is 0 Å². The number of sulfone groups is 1. The summed E-state index contributed by atoms with van der Waals surface area (Å²) in [5.74, 6) is -0.874. The number of fused-ring (bicyclic) bond motifs is 2. The highest BCUT2D eigenvalue weighted by Crippen LogP contribution is 2.53. The largest absolute Gasteiger partial charge is 0.496 e. The summed E-state index contributed by atoms with van der Waals surface area (Å²) >= 11 is 0. The first-order chi connectivity index (χ1) is 20.0. The molecule has 0 fully saturated rings. The predicted octanol–water partition coefficient (Wildman–Crippen LogP) is 5.61. The molecule has 216 valence electrons. The zero-order chi connectivity index (χ0) is 29.9. The molecule has 0 spiro atoms. The van der Waals surface area contributed by atoms with E-state index in [9.17, 15) is 17.6 Å². The first-order valence-corrected chi connectivity index (χ1v) is 15.0. The molecule has 3 heterocycles. The average Bonchev–Trinajstić information content (AvgIpc) is 3.34. The van der Waals surface area contributed by atoms with Crippen molar-refractivity contribution in [1.29, 1.82) is 0 Å². The van der Waals surface area contributed by atoms with Crippen molar-refractivity contribution < 1.29 is 26.7 Å². The Hall–Kier alpha value is -4.64. The number of pyridine rings is 1. The molecule has 0 saturated carbocycles. The van der Waals surface area contributed by atoms with Crippen molar-refractivity contribution in [2.45, 2.75) is 11.8 Å². The van der Waals surface area contributed by atoms with Crippen LogP contribution in [0.25, 0.3) is 22.0 Å². The minimum Gasteiger partial charge on any atom is -0.496 e. The van der Waals surface area contributed by atoms with E-state index in [2.05, 4.69) is 4.98 Å². The zero-order valence-electron chi connectivity index (χ0n) is 23.2. The maximum Gasteiger partial charge on any atom is 0.274 e. The van der Waals surface area contributed by atoms with Crippen molar-refractivity contribution in [1.82, 2.24) is 9.55 Å². The molecule has 0 amide bonds. The van der Waals surface area contributed by atoms with Gasteiger partial charge in [-0.3, -0.25) is 4.79 Å². The van der Waals surface area contributed by atoms with Gasteiger partial charge in [-0.2, -0.15) is 0 Å². The molecule has 42 heavy (non-hydrogen) atoms. The standard InChI is InChI=1S/C31H27F2N3O5S/c1-35-15-21-19-12-17(16-42(4,38)39)8-10-23(19)36(24-11-9-18(32)13-22(24)33)30(20-14-34-29(27(20)21)31(35)37)28-25(40-2)6-5-7-26(28)41-3/h5-15,30,34H,16H2,1-4H3. The fraction of sp³-hybridized carbons (Fsp3) is 0.194. The lowest BCUT2D eigenvalue weighted by atomic mass is 9.94. The molecule has 1 unspecified atom stereocenters. The Morgan fingerprint density at radius 3 is 2.29 bits per heavy atom. The molecule has 8 nitrogen and oxygen atoms in total. The van der Waals surface area contributed by atoms with Crippen LogP contribution in [0.1, 0.15) is 22.7 Å². The summed E-state index contributed by atoms with van der Waals surface area (Å²) in [6.07, 6.45) is 4.54. The first-order valence-electron chi connectivity index (χ1n) is 13.0. The molecule has 2 aromatic heterocycles. The van der Waals surface area contributed by atoms with Gasteiger partial charge in [0.15, 0.2) is 9.84 Å². The van der Waals surface area contributed by atoms with Crippen LogP contribution in [0.15, 0.2) is 71.8 Å². The van der Waals surface area contributed by atoms with Gasteiger partial charge in [-0.05, 0) is 42.0 Å². The number of aromatic amines is 1. The van der Waals surface area contributed by atoms with Crippen molar-refractivity contribution in [3.8, 4) is 22.6 Å². The lowest BCUT2D eigenvalue weighted by molar-refractivity contribution is 0.382. The normalized spacial score (nSPS) is 14.5. The van der Waals surface area contributed by atoms with Gasteiger partial charge in [-0.15, -0.1) is 0 Å². The number of methoxy groups -OCH3 is 2. The summed E-state index contributed by atoms with van der Waals surface area (Å²) in [5.41, 5.74) is 3.49. The van der Waals surface area contributed by atoms with Gasteiger partial charge in [0.05, 0.1) is 43.0 Å². The SMILES string of the molecule is COc1cccc(OC)c1C1c2c[nH]c3c(=O)n(C)cc(c23)-c2cc(CS(C)(=O)=O)ccc2N1c1ccc(F)cc1F. The number of hydrogen-bond acceptors (Lipinski definition) is 6. The van der Waals surface area contributed by atoms with Gasteiger partial charge < -0.3 is 23.9 Å². The summed E-state index contributed by atoms with van der Waals surface area (Å²) in [4.78, 5) is 18.2. The Labute approximate surface area is 240 Å². The number of nitrogens with one attached hydrogen (secondary N) is 1. The molecular formula is C31H27F2N3O5S. The molecule has 1 aliphatic rings. The third-order valence-corrected chi connectivity index (χ3v) is 8.40. The number of aryl methyl sites for hydroxylation is 1. The summed E-state index contributed by atoms with van der Waals surface area (Å²) in [6, 6.07) is 12.9. The van der Waals surface area contributed by atoms with Crippen molar-refractivity contribution in [2.24, 2.45) is 7.05 Å². The van der Waals surface area contributed by atoms with Crippen molar-refractivity contribution in [3.63, 3.8) is 0 Å². The van der Waals surface area contributed by atoms with E-state index in [0.717, 1.165) is 12.3 Å². The van der Waals surface area contributed by atoms with Gasteiger partial charge in [0.25, 0.3) is 5.56 Å². The Bertz CT molecular complexity index is 2030. The monoisotopic (exact) mass is 591 g/mol. The van der Waals surface area contributed by atoms with Crippen molar-refractivity contribution in [3.05, 3.63) is 106 Å². The number of aromatic nitrogens is 2. The number of anilines is 2. The second-order valence-corrected chi connectivity index (χ2v) is 12.5. The first kappa shape index (κ1) is 27.5. The summed E-state index contributed by atoms with van der Waals surface area (Å²) in [7, 11) is 1.27. The molecule has 11 heteroatoms. The van der Waals surface area contributed by atoms with Crippen molar-refractivity contribution >= 4 is 32.1 Å². The third kappa shape index (κ3) is 4.40. The molecule has 1 aliphatic heterocycles. The van der Waals surface area contributed by atoms with Crippen LogP contribution in [0, 0.1) is 11.6 Å². The lowest BCUT2D eigenvalue weighted by Crippen LogP contribution is -2.26. The van der Waals surface area contributed by atoms with Gasteiger partial charge in [-0.1, -0.05) is 12.1 Å². The van der Waals surface area contributed by atoms with Crippen LogP contribution in [0.5, 0.6) is 11.5 Å². The van der Waals surface area contributed by atoms with E-state index in [-0.39, 0.29) is 17.0 Å². The Morgan fingerprint density at radius 2 is 1.64 bits per heavy atom. The molecule has 0 saturated heterocycles. The van der Waals surface area contributed by atoms with Gasteiger partial charge in [-0.25, -0.2) is 17.2 Å². The van der Waals surface area contributed by atoms with Gasteiger partial charge in [0.1, 0.15) is 28.7 Å². The number of rotatable bonds is 6. The smallest absolute Gasteiger partial charge is 0.274 e. The molecule has 6 rings (SSSR count). The molecule has 1 N–H and O–H groups in total. The van der Waals surface area contributed by atoms with E-state index < -0.39 is 27.5 Å². The van der Waals surface area contributed by atoms with Crippen LogP contribution in [-0.2, 0) is 22.6 Å². The minimum absolute atomic E-state index is 0.0559. The topological polar surface area (TPSA) is 93.6 Å². The number of nitrogens with zero attached hydrogens (tertiary/aromatic N) is 2. The summed E-state index contributed by atoms with van der Waals surface area (Å²) < 4.78 is 67.5. The number of ether oxygens (including phenoxy) is 2. The van der Waals surface area contributed by atoms with Crippen LogP contribution in [0.2, 0.25) is 0 Å². The molecule has 3 aromatic carbocycles. The third-order valence-electron chi connectivity index (χ3n) is 7.54. The van der Waals surface area contributed by atoms with E-state index in [4.69, 9.17) is 9.47 Å². The number of hydrogen-bond donors (Lipinski definition) is 1. The Kier molecular flexibility index (Phi) is 6.57. The van der Waals surface area contributed by atoms with E-state index >= 15 is 4.39 Å². The molecule has 0 radical (unpaired) electrons. The zero-order valence-corrected chi connectivity index (χ0v) is 24.1. The Balaban J connectivity index is 1.82. The quantitative estimate of drug-likeness (QED) is 0.276. The van der Waals surface area contributed by atoms with Crippen LogP contribution >= 0.6 is 0 Å². The fourth-order valence-electron chi connectivity index (χ4n) is 5.87. The number of benzene rings is 3. The highest BCUT2D eigenvalue weighted by molar-refractivity contribution is 7.89. The summed E-state index contributed by atoms with van der Waals surface area (Å²) in [5, 5.41) is 0.582. The second-order valence-electron chi connectivity index (χ2n) is 10.3. The lowest BCUT2D eigenvalue weighted by Gasteiger charge is -2.35. The average molecular weight is 592 g/mol. The van der Waals surface area contributed by atoms with Crippen LogP contribution in [-0.4, -0.2) is 38.4 Å². The highest BCUT2D eigenvalue weighted by Gasteiger charge is 2.38. The second kappa shape index (κ2) is 10.0.